The highest BCUT2D eigenvalue weighted by Crippen LogP contribution is 2.17. The lowest BCUT2D eigenvalue weighted by molar-refractivity contribution is 0.152. The minimum atomic E-state index is 0. The summed E-state index contributed by atoms with van der Waals surface area (Å²) in [5.74, 6) is 0.804. The van der Waals surface area contributed by atoms with Crippen LogP contribution >= 0.6 is 24.0 Å². The standard InChI is InChI=1S/C17H30N4O.HI/c1-6-22-12-11-19-17(18-3)20-13-16(21(4)5)15-9-7-14(2)8-10-15;/h7-10,16H,6,11-13H2,1-5H3,(H2,18,19,20);1H. The van der Waals surface area contributed by atoms with E-state index in [-0.39, 0.29) is 24.0 Å². The first-order valence-electron chi connectivity index (χ1n) is 7.83. The van der Waals surface area contributed by atoms with Gasteiger partial charge in [-0.25, -0.2) is 0 Å². The van der Waals surface area contributed by atoms with Crippen LogP contribution in [-0.2, 0) is 4.74 Å². The van der Waals surface area contributed by atoms with Crippen LogP contribution in [0.25, 0.3) is 0 Å². The van der Waals surface area contributed by atoms with Crippen LogP contribution in [0.3, 0.4) is 0 Å². The van der Waals surface area contributed by atoms with Gasteiger partial charge < -0.3 is 20.3 Å². The van der Waals surface area contributed by atoms with Gasteiger partial charge in [-0.2, -0.15) is 0 Å². The van der Waals surface area contributed by atoms with Crippen molar-refractivity contribution in [2.45, 2.75) is 19.9 Å². The van der Waals surface area contributed by atoms with Crippen LogP contribution < -0.4 is 10.6 Å². The molecule has 0 aromatic heterocycles. The minimum absolute atomic E-state index is 0. The molecular formula is C17H31IN4O. The number of ether oxygens (including phenoxy) is 1. The average molecular weight is 434 g/mol. The zero-order valence-electron chi connectivity index (χ0n) is 14.9. The summed E-state index contributed by atoms with van der Waals surface area (Å²) in [5, 5.41) is 6.64. The third-order valence-corrected chi connectivity index (χ3v) is 3.51. The van der Waals surface area contributed by atoms with Crippen molar-refractivity contribution >= 4 is 29.9 Å². The van der Waals surface area contributed by atoms with Crippen LogP contribution in [0.2, 0.25) is 0 Å². The van der Waals surface area contributed by atoms with Crippen LogP contribution in [0.4, 0.5) is 0 Å². The summed E-state index contributed by atoms with van der Waals surface area (Å²) < 4.78 is 5.32. The third-order valence-electron chi connectivity index (χ3n) is 3.51. The molecule has 1 unspecified atom stereocenters. The number of hydrogen-bond acceptors (Lipinski definition) is 3. The summed E-state index contributed by atoms with van der Waals surface area (Å²) in [6.45, 7) is 7.08. The smallest absolute Gasteiger partial charge is 0.191 e. The molecular weight excluding hydrogens is 403 g/mol. The van der Waals surface area contributed by atoms with Crippen molar-refractivity contribution in [3.8, 4) is 0 Å². The molecule has 0 aliphatic rings. The highest BCUT2D eigenvalue weighted by molar-refractivity contribution is 14.0. The molecule has 132 valence electrons. The van der Waals surface area contributed by atoms with Crippen molar-refractivity contribution < 1.29 is 4.74 Å². The van der Waals surface area contributed by atoms with Crippen molar-refractivity contribution in [2.24, 2.45) is 4.99 Å². The molecule has 1 aromatic rings. The zero-order valence-corrected chi connectivity index (χ0v) is 17.3. The lowest BCUT2D eigenvalue weighted by Gasteiger charge is -2.26. The van der Waals surface area contributed by atoms with Gasteiger partial charge in [0.1, 0.15) is 0 Å². The Labute approximate surface area is 157 Å². The first kappa shape index (κ1) is 22.1. The number of aryl methyl sites for hydroxylation is 1. The molecule has 1 rings (SSSR count). The Morgan fingerprint density at radius 3 is 2.39 bits per heavy atom. The number of rotatable bonds is 8. The molecule has 0 radical (unpaired) electrons. The monoisotopic (exact) mass is 434 g/mol. The molecule has 2 N–H and O–H groups in total. The molecule has 0 saturated carbocycles. The van der Waals surface area contributed by atoms with E-state index < -0.39 is 0 Å². The molecule has 0 heterocycles. The van der Waals surface area contributed by atoms with Crippen molar-refractivity contribution in [3.05, 3.63) is 35.4 Å². The van der Waals surface area contributed by atoms with E-state index in [1.165, 1.54) is 11.1 Å². The zero-order chi connectivity index (χ0) is 16.4. The molecule has 0 amide bonds. The Bertz CT molecular complexity index is 448. The number of guanidine groups is 1. The lowest BCUT2D eigenvalue weighted by Crippen LogP contribution is -2.42. The van der Waals surface area contributed by atoms with Gasteiger partial charge in [-0.05, 0) is 33.5 Å². The van der Waals surface area contributed by atoms with Gasteiger partial charge in [-0.1, -0.05) is 29.8 Å². The fraction of sp³-hybridized carbons (Fsp3) is 0.588. The summed E-state index contributed by atoms with van der Waals surface area (Å²) in [4.78, 5) is 6.46. The van der Waals surface area contributed by atoms with Crippen molar-refractivity contribution in [1.82, 2.24) is 15.5 Å². The highest BCUT2D eigenvalue weighted by Gasteiger charge is 2.14. The maximum atomic E-state index is 5.32. The third kappa shape index (κ3) is 8.53. The number of likely N-dealkylation sites (N-methyl/N-ethyl adjacent to an activating group) is 1. The second-order valence-electron chi connectivity index (χ2n) is 5.47. The van der Waals surface area contributed by atoms with Gasteiger partial charge in [0, 0.05) is 26.7 Å². The largest absolute Gasteiger partial charge is 0.380 e. The summed E-state index contributed by atoms with van der Waals surface area (Å²) in [7, 11) is 5.97. The predicted octanol–water partition coefficient (Wildman–Crippen LogP) is 2.42. The number of benzene rings is 1. The van der Waals surface area contributed by atoms with Gasteiger partial charge in [0.25, 0.3) is 0 Å². The molecule has 0 aliphatic carbocycles. The fourth-order valence-corrected chi connectivity index (χ4v) is 2.19. The molecule has 6 heteroatoms. The number of nitrogens with zero attached hydrogens (tertiary/aromatic N) is 2. The summed E-state index contributed by atoms with van der Waals surface area (Å²) in [5.41, 5.74) is 2.58. The number of aliphatic imine (C=N–C) groups is 1. The first-order chi connectivity index (χ1) is 10.6. The summed E-state index contributed by atoms with van der Waals surface area (Å²) >= 11 is 0. The maximum Gasteiger partial charge on any atom is 0.191 e. The first-order valence-corrected chi connectivity index (χ1v) is 7.83. The Balaban J connectivity index is 0.00000484. The van der Waals surface area contributed by atoms with Crippen molar-refractivity contribution in [1.29, 1.82) is 0 Å². The number of hydrogen-bond donors (Lipinski definition) is 2. The summed E-state index contributed by atoms with van der Waals surface area (Å²) in [6.07, 6.45) is 0. The Morgan fingerprint density at radius 2 is 1.87 bits per heavy atom. The Morgan fingerprint density at radius 1 is 1.22 bits per heavy atom. The van der Waals surface area contributed by atoms with Gasteiger partial charge >= 0.3 is 0 Å². The quantitative estimate of drug-likeness (QED) is 0.286. The molecule has 0 saturated heterocycles. The van der Waals surface area contributed by atoms with E-state index in [1.54, 1.807) is 7.05 Å². The van der Waals surface area contributed by atoms with Crippen LogP contribution in [0.15, 0.2) is 29.3 Å². The van der Waals surface area contributed by atoms with Crippen LogP contribution in [0.5, 0.6) is 0 Å². The van der Waals surface area contributed by atoms with Crippen LogP contribution in [-0.4, -0.2) is 58.3 Å². The molecule has 1 atom stereocenters. The summed E-state index contributed by atoms with van der Waals surface area (Å²) in [6, 6.07) is 8.98. The van der Waals surface area contributed by atoms with E-state index in [9.17, 15) is 0 Å². The molecule has 23 heavy (non-hydrogen) atoms. The van der Waals surface area contributed by atoms with E-state index >= 15 is 0 Å². The lowest BCUT2D eigenvalue weighted by atomic mass is 10.0. The average Bonchev–Trinajstić information content (AvgIpc) is 2.51. The van der Waals surface area contributed by atoms with E-state index in [4.69, 9.17) is 4.74 Å². The topological polar surface area (TPSA) is 48.9 Å². The van der Waals surface area contributed by atoms with E-state index in [2.05, 4.69) is 65.8 Å². The van der Waals surface area contributed by atoms with Gasteiger partial charge in [-0.15, -0.1) is 24.0 Å². The minimum Gasteiger partial charge on any atom is -0.380 e. The number of halogens is 1. The Kier molecular flexibility index (Phi) is 12.1. The normalized spacial score (nSPS) is 12.7. The van der Waals surface area contributed by atoms with Gasteiger partial charge in [0.05, 0.1) is 12.6 Å². The fourth-order valence-electron chi connectivity index (χ4n) is 2.19. The maximum absolute atomic E-state index is 5.32. The highest BCUT2D eigenvalue weighted by atomic mass is 127. The second kappa shape index (κ2) is 12.5. The van der Waals surface area contributed by atoms with Crippen LogP contribution in [0.1, 0.15) is 24.1 Å². The van der Waals surface area contributed by atoms with Crippen LogP contribution in [0, 0.1) is 6.92 Å². The SMILES string of the molecule is CCOCCNC(=NC)NCC(c1ccc(C)cc1)N(C)C.I. The molecule has 0 fully saturated rings. The van der Waals surface area contributed by atoms with Gasteiger partial charge in [0.2, 0.25) is 0 Å². The predicted molar refractivity (Wildman–Crippen MR) is 109 cm³/mol. The molecule has 1 aromatic carbocycles. The van der Waals surface area contributed by atoms with E-state index in [0.29, 0.717) is 12.6 Å². The van der Waals surface area contributed by atoms with Crippen molar-refractivity contribution in [2.75, 3.05) is 47.4 Å². The number of nitrogens with one attached hydrogen (secondary N) is 2. The van der Waals surface area contributed by atoms with Gasteiger partial charge in [0.15, 0.2) is 5.96 Å². The van der Waals surface area contributed by atoms with Gasteiger partial charge in [-0.3, -0.25) is 4.99 Å². The van der Waals surface area contributed by atoms with Crippen molar-refractivity contribution in [3.63, 3.8) is 0 Å². The second-order valence-corrected chi connectivity index (χ2v) is 5.47. The molecule has 0 aliphatic heterocycles. The Hall–Kier alpha value is -0.860. The molecule has 0 spiro atoms. The molecule has 0 bridgehead atoms. The van der Waals surface area contributed by atoms with E-state index in [0.717, 1.165) is 25.7 Å². The molecule has 5 nitrogen and oxygen atoms in total. The van der Waals surface area contributed by atoms with E-state index in [1.807, 2.05) is 6.92 Å².